The number of hydrogen-bond donors (Lipinski definition) is 3. The molecule has 0 aliphatic rings. The summed E-state index contributed by atoms with van der Waals surface area (Å²) in [5.41, 5.74) is 2.57. The van der Waals surface area contributed by atoms with Crippen molar-refractivity contribution in [3.8, 4) is 0 Å². The molecule has 0 aliphatic heterocycles. The molecule has 0 atom stereocenters. The number of nitrogens with two attached hydrogens (primary N) is 1. The van der Waals surface area contributed by atoms with Crippen molar-refractivity contribution in [1.82, 2.24) is 14.9 Å². The molecule has 2 rings (SSSR count). The number of nitrogens with one attached hydrogen (secondary N) is 2. The van der Waals surface area contributed by atoms with Crippen LogP contribution < -0.4 is 16.6 Å². The second-order valence-corrected chi connectivity index (χ2v) is 7.00. The van der Waals surface area contributed by atoms with Gasteiger partial charge < -0.3 is 10.2 Å². The minimum absolute atomic E-state index is 0.0250. The predicted molar refractivity (Wildman–Crippen MR) is 90.9 cm³/mol. The first-order chi connectivity index (χ1) is 9.87. The van der Waals surface area contributed by atoms with E-state index in [1.54, 1.807) is 11.3 Å². The number of aromatic nitrogens is 2. The normalized spacial score (nSPS) is 12.1. The number of anilines is 2. The van der Waals surface area contributed by atoms with Crippen molar-refractivity contribution in [2.45, 2.75) is 32.7 Å². The Balaban J connectivity index is 2.35. The van der Waals surface area contributed by atoms with Crippen LogP contribution >= 0.6 is 11.3 Å². The summed E-state index contributed by atoms with van der Waals surface area (Å²) in [7, 11) is 4.15. The minimum atomic E-state index is 0.0250. The van der Waals surface area contributed by atoms with Crippen molar-refractivity contribution in [3.05, 3.63) is 10.9 Å². The number of thiophene rings is 1. The summed E-state index contributed by atoms with van der Waals surface area (Å²) in [5, 5.41) is 4.50. The van der Waals surface area contributed by atoms with Crippen LogP contribution in [0.3, 0.4) is 0 Å². The zero-order valence-corrected chi connectivity index (χ0v) is 14.1. The fraction of sp³-hybridized carbons (Fsp3) is 0.571. The number of rotatable bonds is 6. The number of nitrogens with zero attached hydrogens (tertiary/aromatic N) is 3. The third-order valence-corrected chi connectivity index (χ3v) is 4.99. The van der Waals surface area contributed by atoms with Gasteiger partial charge in [0.1, 0.15) is 10.6 Å². The topological polar surface area (TPSA) is 79.1 Å². The molecule has 0 saturated carbocycles. The highest BCUT2D eigenvalue weighted by molar-refractivity contribution is 7.18. The van der Waals surface area contributed by atoms with Gasteiger partial charge in [-0.1, -0.05) is 6.92 Å². The lowest BCUT2D eigenvalue weighted by Crippen LogP contribution is -2.44. The average Bonchev–Trinajstić information content (AvgIpc) is 2.87. The van der Waals surface area contributed by atoms with Gasteiger partial charge in [0.25, 0.3) is 0 Å². The molecule has 0 fully saturated rings. The second-order valence-electron chi connectivity index (χ2n) is 5.89. The molecule has 116 valence electrons. The molecule has 0 unspecified atom stereocenters. The molecule has 0 radical (unpaired) electrons. The Hall–Kier alpha value is -1.44. The zero-order chi connectivity index (χ0) is 15.6. The maximum atomic E-state index is 5.47. The van der Waals surface area contributed by atoms with Crippen LogP contribution in [-0.4, -0.2) is 41.0 Å². The zero-order valence-electron chi connectivity index (χ0n) is 13.3. The van der Waals surface area contributed by atoms with Crippen LogP contribution in [-0.2, 0) is 6.42 Å². The molecule has 2 aromatic heterocycles. The van der Waals surface area contributed by atoms with Gasteiger partial charge in [0.2, 0.25) is 5.95 Å². The number of hydrogen-bond acceptors (Lipinski definition) is 7. The third-order valence-electron chi connectivity index (χ3n) is 3.82. The van der Waals surface area contributed by atoms with Gasteiger partial charge in [-0.25, -0.2) is 10.8 Å². The van der Waals surface area contributed by atoms with Gasteiger partial charge >= 0.3 is 0 Å². The quantitative estimate of drug-likeness (QED) is 0.561. The molecule has 4 N–H and O–H groups in total. The molecule has 0 spiro atoms. The summed E-state index contributed by atoms with van der Waals surface area (Å²) in [6, 6.07) is 2.16. The largest absolute Gasteiger partial charge is 0.368 e. The van der Waals surface area contributed by atoms with E-state index in [1.165, 1.54) is 4.88 Å². The summed E-state index contributed by atoms with van der Waals surface area (Å²) in [5.74, 6) is 6.75. The van der Waals surface area contributed by atoms with Gasteiger partial charge in [0, 0.05) is 17.0 Å². The van der Waals surface area contributed by atoms with Crippen LogP contribution in [0, 0.1) is 0 Å². The van der Waals surface area contributed by atoms with Crippen LogP contribution in [0.15, 0.2) is 6.07 Å². The Bertz CT molecular complexity index is 619. The average molecular weight is 308 g/mol. The Morgan fingerprint density at radius 1 is 1.33 bits per heavy atom. The van der Waals surface area contributed by atoms with Gasteiger partial charge in [0.05, 0.1) is 5.39 Å². The van der Waals surface area contributed by atoms with Crippen molar-refractivity contribution >= 4 is 33.3 Å². The van der Waals surface area contributed by atoms with E-state index in [0.717, 1.165) is 29.0 Å². The van der Waals surface area contributed by atoms with Crippen molar-refractivity contribution < 1.29 is 0 Å². The van der Waals surface area contributed by atoms with Crippen LogP contribution in [0.25, 0.3) is 10.2 Å². The SMILES string of the molecule is CCc1cc2c(NCC(C)(C)N(C)C)nc(NN)nc2s1. The highest BCUT2D eigenvalue weighted by Crippen LogP contribution is 2.30. The molecule has 2 heterocycles. The number of hydrazine groups is 1. The maximum absolute atomic E-state index is 5.47. The number of likely N-dealkylation sites (N-methyl/N-ethyl adjacent to an activating group) is 1. The standard InChI is InChI=1S/C14H24N6S/c1-6-9-7-10-11(16-8-14(2,3)20(4)5)17-13(19-15)18-12(10)21-9/h7H,6,8,15H2,1-5H3,(H2,16,17,18,19). The number of nitrogen functional groups attached to an aromatic ring is 1. The maximum Gasteiger partial charge on any atom is 0.240 e. The molecule has 0 aromatic carbocycles. The van der Waals surface area contributed by atoms with Crippen molar-refractivity contribution in [1.29, 1.82) is 0 Å². The molecule has 6 nitrogen and oxygen atoms in total. The summed E-state index contributed by atoms with van der Waals surface area (Å²) < 4.78 is 0. The smallest absolute Gasteiger partial charge is 0.240 e. The first-order valence-electron chi connectivity index (χ1n) is 7.05. The van der Waals surface area contributed by atoms with Crippen LogP contribution in [0.4, 0.5) is 11.8 Å². The van der Waals surface area contributed by atoms with E-state index in [2.05, 4.69) is 66.5 Å². The van der Waals surface area contributed by atoms with Gasteiger partial charge in [-0.05, 0) is 40.4 Å². The Labute approximate surface area is 129 Å². The minimum Gasteiger partial charge on any atom is -0.368 e. The molecular weight excluding hydrogens is 284 g/mol. The molecule has 0 bridgehead atoms. The summed E-state index contributed by atoms with van der Waals surface area (Å²) in [4.78, 5) is 13.3. The van der Waals surface area contributed by atoms with E-state index in [-0.39, 0.29) is 5.54 Å². The Kier molecular flexibility index (Phi) is 4.65. The molecule has 0 amide bonds. The molecule has 0 aliphatic carbocycles. The second kappa shape index (κ2) is 6.13. The van der Waals surface area contributed by atoms with E-state index >= 15 is 0 Å². The van der Waals surface area contributed by atoms with E-state index < -0.39 is 0 Å². The highest BCUT2D eigenvalue weighted by atomic mass is 32.1. The van der Waals surface area contributed by atoms with Crippen molar-refractivity contribution in [2.75, 3.05) is 31.4 Å². The fourth-order valence-electron chi connectivity index (χ4n) is 1.80. The summed E-state index contributed by atoms with van der Waals surface area (Å²) >= 11 is 1.68. The van der Waals surface area contributed by atoms with Gasteiger partial charge in [0.15, 0.2) is 0 Å². The lowest BCUT2D eigenvalue weighted by molar-refractivity contribution is 0.210. The lowest BCUT2D eigenvalue weighted by atomic mass is 10.0. The Morgan fingerprint density at radius 3 is 2.62 bits per heavy atom. The van der Waals surface area contributed by atoms with Crippen LogP contribution in [0.2, 0.25) is 0 Å². The summed E-state index contributed by atoms with van der Waals surface area (Å²) in [6.07, 6.45) is 0.995. The van der Waals surface area contributed by atoms with Crippen LogP contribution in [0.1, 0.15) is 25.6 Å². The lowest BCUT2D eigenvalue weighted by Gasteiger charge is -2.32. The highest BCUT2D eigenvalue weighted by Gasteiger charge is 2.21. The van der Waals surface area contributed by atoms with E-state index in [9.17, 15) is 0 Å². The van der Waals surface area contributed by atoms with Gasteiger partial charge in [-0.2, -0.15) is 4.98 Å². The van der Waals surface area contributed by atoms with Crippen molar-refractivity contribution in [2.24, 2.45) is 5.84 Å². The van der Waals surface area contributed by atoms with E-state index in [1.807, 2.05) is 0 Å². The molecule has 0 saturated heterocycles. The first-order valence-corrected chi connectivity index (χ1v) is 7.87. The molecule has 7 heteroatoms. The Morgan fingerprint density at radius 2 is 2.05 bits per heavy atom. The first kappa shape index (κ1) is 15.9. The van der Waals surface area contributed by atoms with Gasteiger partial charge in [-0.3, -0.25) is 5.43 Å². The molecule has 21 heavy (non-hydrogen) atoms. The fourth-order valence-corrected chi connectivity index (χ4v) is 2.77. The van der Waals surface area contributed by atoms with Crippen molar-refractivity contribution in [3.63, 3.8) is 0 Å². The van der Waals surface area contributed by atoms with Gasteiger partial charge in [-0.15, -0.1) is 11.3 Å². The number of aryl methyl sites for hydroxylation is 1. The molecular formula is C14H24N6S. The third kappa shape index (κ3) is 3.42. The predicted octanol–water partition coefficient (Wildman–Crippen LogP) is 2.29. The summed E-state index contributed by atoms with van der Waals surface area (Å²) in [6.45, 7) is 7.30. The van der Waals surface area contributed by atoms with Crippen LogP contribution in [0.5, 0.6) is 0 Å². The molecule has 2 aromatic rings. The van der Waals surface area contributed by atoms with E-state index in [4.69, 9.17) is 5.84 Å². The number of fused-ring (bicyclic) bond motifs is 1. The van der Waals surface area contributed by atoms with E-state index in [0.29, 0.717) is 5.95 Å². The monoisotopic (exact) mass is 308 g/mol.